The van der Waals surface area contributed by atoms with Gasteiger partial charge in [-0.2, -0.15) is 0 Å². The molecule has 1 aliphatic heterocycles. The van der Waals surface area contributed by atoms with Crippen LogP contribution in [0.1, 0.15) is 26.3 Å². The number of carbonyl (C=O) groups is 2. The Kier molecular flexibility index (Phi) is 3.55. The number of nitrogens with zero attached hydrogens (tertiary/aromatic N) is 1. The second-order valence-electron chi connectivity index (χ2n) is 4.93. The highest BCUT2D eigenvalue weighted by atomic mass is 16.5. The zero-order valence-corrected chi connectivity index (χ0v) is 12.3. The van der Waals surface area contributed by atoms with Crippen LogP contribution in [0.25, 0.3) is 0 Å². The number of carbonyl (C=O) groups excluding carboxylic acids is 2. The zero-order chi connectivity index (χ0) is 15.7. The number of methoxy groups -OCH3 is 2. The van der Waals surface area contributed by atoms with Gasteiger partial charge in [-0.15, -0.1) is 0 Å². The number of hydrogen-bond donors (Lipinski definition) is 0. The first-order chi connectivity index (χ1) is 10.7. The molecule has 0 atom stereocenters. The van der Waals surface area contributed by atoms with Crippen molar-refractivity contribution in [3.63, 3.8) is 0 Å². The van der Waals surface area contributed by atoms with Crippen molar-refractivity contribution in [2.45, 2.75) is 6.54 Å². The molecule has 0 N–H and O–H groups in total. The highest BCUT2D eigenvalue weighted by Gasteiger charge is 2.38. The number of imide groups is 1. The lowest BCUT2D eigenvalue weighted by atomic mass is 10.1. The van der Waals surface area contributed by atoms with Gasteiger partial charge >= 0.3 is 0 Å². The Labute approximate surface area is 128 Å². The molecule has 0 spiro atoms. The summed E-state index contributed by atoms with van der Waals surface area (Å²) in [5.74, 6) is 0.158. The molecule has 0 bridgehead atoms. The summed E-state index contributed by atoms with van der Waals surface area (Å²) in [6, 6.07) is 12.6. The van der Waals surface area contributed by atoms with Gasteiger partial charge in [0, 0.05) is 6.07 Å². The normalized spacial score (nSPS) is 13.3. The summed E-state index contributed by atoms with van der Waals surface area (Å²) in [6.07, 6.45) is 0. The van der Waals surface area contributed by atoms with E-state index in [0.29, 0.717) is 22.6 Å². The summed E-state index contributed by atoms with van der Waals surface area (Å²) in [7, 11) is 2.97. The third-order valence-corrected chi connectivity index (χ3v) is 3.65. The van der Waals surface area contributed by atoms with Gasteiger partial charge in [-0.25, -0.2) is 0 Å². The van der Waals surface area contributed by atoms with Crippen molar-refractivity contribution in [1.29, 1.82) is 0 Å². The molecule has 0 aliphatic carbocycles. The van der Waals surface area contributed by atoms with Crippen LogP contribution in [0, 0.1) is 0 Å². The highest BCUT2D eigenvalue weighted by molar-refractivity contribution is 6.22. The Morgan fingerprint density at radius 3 is 2.32 bits per heavy atom. The fraction of sp³-hybridized carbons (Fsp3) is 0.176. The van der Waals surface area contributed by atoms with Gasteiger partial charge in [0.15, 0.2) is 0 Å². The molecule has 3 rings (SSSR count). The molecule has 5 heteroatoms. The number of ether oxygens (including phenoxy) is 2. The first-order valence-corrected chi connectivity index (χ1v) is 6.82. The number of rotatable bonds is 4. The molecule has 0 saturated heterocycles. The van der Waals surface area contributed by atoms with Crippen molar-refractivity contribution in [2.75, 3.05) is 14.2 Å². The maximum Gasteiger partial charge on any atom is 0.265 e. The molecule has 0 aromatic heterocycles. The Bertz CT molecular complexity index is 740. The summed E-state index contributed by atoms with van der Waals surface area (Å²) in [6.45, 7) is 0.235. The van der Waals surface area contributed by atoms with E-state index in [1.54, 1.807) is 12.1 Å². The van der Waals surface area contributed by atoms with Crippen molar-refractivity contribution in [3.8, 4) is 11.5 Å². The monoisotopic (exact) mass is 297 g/mol. The lowest BCUT2D eigenvalue weighted by Crippen LogP contribution is -2.29. The van der Waals surface area contributed by atoms with Gasteiger partial charge in [0.05, 0.1) is 31.9 Å². The van der Waals surface area contributed by atoms with E-state index in [9.17, 15) is 9.59 Å². The number of fused-ring (bicyclic) bond motifs is 1. The summed E-state index contributed by atoms with van der Waals surface area (Å²) in [4.78, 5) is 26.3. The summed E-state index contributed by atoms with van der Waals surface area (Å²) < 4.78 is 10.4. The SMILES string of the molecule is COc1cc(OC)c2c(c1)C(=O)N(Cc1ccccc1)C2=O. The number of amides is 2. The molecule has 0 fully saturated rings. The molecule has 112 valence electrons. The van der Waals surface area contributed by atoms with Crippen LogP contribution in [0.3, 0.4) is 0 Å². The van der Waals surface area contributed by atoms with Crippen molar-refractivity contribution < 1.29 is 19.1 Å². The van der Waals surface area contributed by atoms with Gasteiger partial charge in [-0.3, -0.25) is 14.5 Å². The highest BCUT2D eigenvalue weighted by Crippen LogP contribution is 2.35. The lowest BCUT2D eigenvalue weighted by molar-refractivity contribution is 0.0641. The van der Waals surface area contributed by atoms with Crippen LogP contribution in [0.5, 0.6) is 11.5 Å². The smallest absolute Gasteiger partial charge is 0.265 e. The largest absolute Gasteiger partial charge is 0.497 e. The van der Waals surface area contributed by atoms with Crippen molar-refractivity contribution in [2.24, 2.45) is 0 Å². The van der Waals surface area contributed by atoms with Crippen molar-refractivity contribution in [3.05, 3.63) is 59.2 Å². The van der Waals surface area contributed by atoms with E-state index in [-0.39, 0.29) is 18.4 Å². The molecule has 2 aromatic rings. The third-order valence-electron chi connectivity index (χ3n) is 3.65. The Morgan fingerprint density at radius 2 is 1.68 bits per heavy atom. The molecular formula is C17H15NO4. The fourth-order valence-electron chi connectivity index (χ4n) is 2.54. The van der Waals surface area contributed by atoms with E-state index < -0.39 is 0 Å². The van der Waals surface area contributed by atoms with Crippen LogP contribution < -0.4 is 9.47 Å². The van der Waals surface area contributed by atoms with Crippen LogP contribution in [0.2, 0.25) is 0 Å². The van der Waals surface area contributed by atoms with Crippen molar-refractivity contribution >= 4 is 11.8 Å². The number of hydrogen-bond acceptors (Lipinski definition) is 4. The predicted octanol–water partition coefficient (Wildman–Crippen LogP) is 2.50. The molecule has 0 radical (unpaired) electrons. The molecule has 5 nitrogen and oxygen atoms in total. The summed E-state index contributed by atoms with van der Waals surface area (Å²) in [5, 5.41) is 0. The second kappa shape index (κ2) is 5.52. The molecular weight excluding hydrogens is 282 g/mol. The van der Waals surface area contributed by atoms with E-state index >= 15 is 0 Å². The second-order valence-corrected chi connectivity index (χ2v) is 4.93. The maximum absolute atomic E-state index is 12.6. The Hall–Kier alpha value is -2.82. The van der Waals surface area contributed by atoms with Crippen LogP contribution >= 0.6 is 0 Å². The van der Waals surface area contributed by atoms with Crippen LogP contribution in [-0.4, -0.2) is 30.9 Å². The van der Waals surface area contributed by atoms with Crippen molar-refractivity contribution in [1.82, 2.24) is 4.90 Å². The standard InChI is InChI=1S/C17H15NO4/c1-21-12-8-13-15(14(9-12)22-2)17(20)18(16(13)19)10-11-6-4-3-5-7-11/h3-9H,10H2,1-2H3. The minimum absolute atomic E-state index is 0.235. The van der Waals surface area contributed by atoms with Gasteiger partial charge in [0.25, 0.3) is 11.8 Å². The van der Waals surface area contributed by atoms with Crippen LogP contribution in [0.4, 0.5) is 0 Å². The van der Waals surface area contributed by atoms with Gasteiger partial charge in [-0.05, 0) is 11.6 Å². The average Bonchev–Trinajstić information content (AvgIpc) is 2.80. The first-order valence-electron chi connectivity index (χ1n) is 6.82. The molecule has 0 saturated carbocycles. The fourth-order valence-corrected chi connectivity index (χ4v) is 2.54. The molecule has 1 aliphatic rings. The molecule has 2 amide bonds. The lowest BCUT2D eigenvalue weighted by Gasteiger charge is -2.13. The van der Waals surface area contributed by atoms with E-state index in [1.807, 2.05) is 30.3 Å². The minimum atomic E-state index is -0.344. The molecule has 1 heterocycles. The van der Waals surface area contributed by atoms with Gasteiger partial charge in [0.2, 0.25) is 0 Å². The van der Waals surface area contributed by atoms with E-state index in [1.165, 1.54) is 19.1 Å². The van der Waals surface area contributed by atoms with Gasteiger partial charge < -0.3 is 9.47 Å². The van der Waals surface area contributed by atoms with E-state index in [0.717, 1.165) is 5.56 Å². The third kappa shape index (κ3) is 2.20. The maximum atomic E-state index is 12.6. The summed E-state index contributed by atoms with van der Waals surface area (Å²) >= 11 is 0. The van der Waals surface area contributed by atoms with E-state index in [4.69, 9.17) is 9.47 Å². The molecule has 2 aromatic carbocycles. The minimum Gasteiger partial charge on any atom is -0.497 e. The molecule has 22 heavy (non-hydrogen) atoms. The van der Waals surface area contributed by atoms with Crippen LogP contribution in [0.15, 0.2) is 42.5 Å². The quantitative estimate of drug-likeness (QED) is 0.814. The Balaban J connectivity index is 2.01. The van der Waals surface area contributed by atoms with Gasteiger partial charge in [-0.1, -0.05) is 30.3 Å². The number of benzene rings is 2. The molecule has 0 unspecified atom stereocenters. The van der Waals surface area contributed by atoms with Gasteiger partial charge in [0.1, 0.15) is 11.5 Å². The summed E-state index contributed by atoms with van der Waals surface area (Å²) in [5.41, 5.74) is 1.50. The Morgan fingerprint density at radius 1 is 0.955 bits per heavy atom. The zero-order valence-electron chi connectivity index (χ0n) is 12.3. The first kappa shape index (κ1) is 14.1. The van der Waals surface area contributed by atoms with E-state index in [2.05, 4.69) is 0 Å². The average molecular weight is 297 g/mol. The predicted molar refractivity (Wildman–Crippen MR) is 80.2 cm³/mol. The van der Waals surface area contributed by atoms with Crippen LogP contribution in [-0.2, 0) is 6.54 Å². The topological polar surface area (TPSA) is 55.8 Å².